The molecule has 9 heteroatoms. The smallest absolute Gasteiger partial charge is 0.462 e. The van der Waals surface area contributed by atoms with Crippen LogP contribution in [0.15, 0.2) is 48.6 Å². The van der Waals surface area contributed by atoms with Crippen molar-refractivity contribution in [3.63, 3.8) is 0 Å². The summed E-state index contributed by atoms with van der Waals surface area (Å²) in [6, 6.07) is 0. The van der Waals surface area contributed by atoms with E-state index in [-0.39, 0.29) is 19.4 Å². The van der Waals surface area contributed by atoms with Gasteiger partial charge in [-0.2, -0.15) is 0 Å². The summed E-state index contributed by atoms with van der Waals surface area (Å²) in [5, 5.41) is 0. The molecule has 0 radical (unpaired) electrons. The molecule has 0 aliphatic carbocycles. The Labute approximate surface area is 293 Å². The van der Waals surface area contributed by atoms with Crippen molar-refractivity contribution in [2.45, 2.75) is 174 Å². The summed E-state index contributed by atoms with van der Waals surface area (Å²) in [4.78, 5) is 42.7. The second-order valence-corrected chi connectivity index (χ2v) is 13.8. The summed E-state index contributed by atoms with van der Waals surface area (Å²) in [5.41, 5.74) is 0. The summed E-state index contributed by atoms with van der Waals surface area (Å²) in [6.45, 7) is 3.53. The lowest BCUT2D eigenvalue weighted by Gasteiger charge is -2.18. The van der Waals surface area contributed by atoms with Gasteiger partial charge in [0.15, 0.2) is 6.10 Å². The summed E-state index contributed by atoms with van der Waals surface area (Å²) < 4.78 is 26.3. The molecule has 0 amide bonds. The first-order chi connectivity index (χ1) is 23.3. The molecular weight excluding hydrogens is 627 g/mol. The number of hydrogen-bond donors (Lipinski definition) is 2. The van der Waals surface area contributed by atoms with Gasteiger partial charge in [-0.15, -0.1) is 0 Å². The number of hydrogen-bond acceptors (Lipinski definition) is 6. The SMILES string of the molecule is CC/C=C/C/C=C/C/C=C/C/C=C/CCCCC(=O)OC[C@H](COP(=O)(O)O)OC(=O)CCCCCCCCCCCCCCCCC. The molecule has 0 aromatic rings. The molecule has 0 unspecified atom stereocenters. The number of phosphoric ester groups is 1. The van der Waals surface area contributed by atoms with Gasteiger partial charge in [0.05, 0.1) is 6.61 Å². The summed E-state index contributed by atoms with van der Waals surface area (Å²) >= 11 is 0. The van der Waals surface area contributed by atoms with Crippen LogP contribution < -0.4 is 0 Å². The van der Waals surface area contributed by atoms with Crippen LogP contribution >= 0.6 is 7.82 Å². The molecule has 0 spiro atoms. The van der Waals surface area contributed by atoms with Crippen LogP contribution in [0.4, 0.5) is 0 Å². The first-order valence-corrected chi connectivity index (χ1v) is 20.5. The van der Waals surface area contributed by atoms with Crippen LogP contribution in [0.5, 0.6) is 0 Å². The largest absolute Gasteiger partial charge is 0.469 e. The van der Waals surface area contributed by atoms with Crippen molar-refractivity contribution in [3.8, 4) is 0 Å². The van der Waals surface area contributed by atoms with Gasteiger partial charge in [-0.05, 0) is 51.4 Å². The molecule has 0 aliphatic heterocycles. The Hall–Kier alpha value is -1.99. The molecule has 0 bridgehead atoms. The van der Waals surface area contributed by atoms with E-state index in [0.29, 0.717) is 12.8 Å². The van der Waals surface area contributed by atoms with Gasteiger partial charge in [0.25, 0.3) is 0 Å². The van der Waals surface area contributed by atoms with Crippen LogP contribution in [0, 0.1) is 0 Å². The molecule has 0 saturated carbocycles. The molecule has 0 aromatic heterocycles. The highest BCUT2D eigenvalue weighted by Crippen LogP contribution is 2.36. The van der Waals surface area contributed by atoms with Crippen LogP contribution in [0.2, 0.25) is 0 Å². The number of phosphoric acid groups is 1. The van der Waals surface area contributed by atoms with E-state index in [2.05, 4.69) is 67.0 Å². The molecule has 0 heterocycles. The van der Waals surface area contributed by atoms with Crippen molar-refractivity contribution in [2.75, 3.05) is 13.2 Å². The van der Waals surface area contributed by atoms with Crippen LogP contribution in [-0.4, -0.2) is 41.0 Å². The van der Waals surface area contributed by atoms with Gasteiger partial charge >= 0.3 is 19.8 Å². The van der Waals surface area contributed by atoms with Crippen molar-refractivity contribution >= 4 is 19.8 Å². The molecule has 0 fully saturated rings. The Morgan fingerprint density at radius 1 is 0.562 bits per heavy atom. The molecule has 278 valence electrons. The molecule has 2 N–H and O–H groups in total. The van der Waals surface area contributed by atoms with Gasteiger partial charge < -0.3 is 19.3 Å². The lowest BCUT2D eigenvalue weighted by atomic mass is 10.0. The van der Waals surface area contributed by atoms with Gasteiger partial charge in [0.2, 0.25) is 0 Å². The van der Waals surface area contributed by atoms with Crippen molar-refractivity contribution < 1.29 is 37.9 Å². The van der Waals surface area contributed by atoms with Gasteiger partial charge in [-0.1, -0.05) is 152 Å². The molecule has 8 nitrogen and oxygen atoms in total. The Morgan fingerprint density at radius 2 is 1.00 bits per heavy atom. The second-order valence-electron chi connectivity index (χ2n) is 12.5. The fraction of sp³-hybridized carbons (Fsp3) is 0.744. The highest BCUT2D eigenvalue weighted by Gasteiger charge is 2.22. The third-order valence-electron chi connectivity index (χ3n) is 7.86. The molecular formula is C39H69O8P. The summed E-state index contributed by atoms with van der Waals surface area (Å²) in [7, 11) is -4.76. The van der Waals surface area contributed by atoms with E-state index in [1.54, 1.807) is 0 Å². The number of unbranched alkanes of at least 4 members (excludes halogenated alkanes) is 16. The van der Waals surface area contributed by atoms with E-state index < -0.39 is 32.5 Å². The molecule has 1 atom stereocenters. The predicted molar refractivity (Wildman–Crippen MR) is 198 cm³/mol. The molecule has 0 aliphatic rings. The van der Waals surface area contributed by atoms with Crippen molar-refractivity contribution in [3.05, 3.63) is 48.6 Å². The average Bonchev–Trinajstić information content (AvgIpc) is 3.05. The third kappa shape index (κ3) is 36.8. The predicted octanol–water partition coefficient (Wildman–Crippen LogP) is 11.2. The number of esters is 2. The normalized spacial score (nSPS) is 13.0. The van der Waals surface area contributed by atoms with Gasteiger partial charge in [0.1, 0.15) is 6.61 Å². The fourth-order valence-corrected chi connectivity index (χ4v) is 5.43. The quantitative estimate of drug-likeness (QED) is 0.0295. The van der Waals surface area contributed by atoms with Crippen molar-refractivity contribution in [1.82, 2.24) is 0 Å². The van der Waals surface area contributed by atoms with Gasteiger partial charge in [-0.3, -0.25) is 14.1 Å². The highest BCUT2D eigenvalue weighted by atomic mass is 31.2. The van der Waals surface area contributed by atoms with Crippen LogP contribution in [-0.2, 0) is 28.2 Å². The maximum Gasteiger partial charge on any atom is 0.469 e. The lowest BCUT2D eigenvalue weighted by molar-refractivity contribution is -0.161. The second kappa shape index (κ2) is 34.9. The Kier molecular flexibility index (Phi) is 33.4. The number of carbonyl (C=O) groups is 2. The number of rotatable bonds is 34. The standard InChI is InChI=1S/C39H69O8P/c1-3-5-7-9-11-13-15-17-19-21-23-25-27-29-31-33-38(40)45-35-37(36-46-48(42,43)44)47-39(41)34-32-30-28-26-24-22-20-18-16-14-12-10-8-6-4-2/h5,7,11,13,17,19,23,25,37H,3-4,6,8-10,12,14-16,18,20-22,24,26-36H2,1-2H3,(H2,42,43,44)/b7-5+,13-11+,19-17+,25-23+/t37-/m1/s1. The Balaban J connectivity index is 4.03. The highest BCUT2D eigenvalue weighted by molar-refractivity contribution is 7.46. The van der Waals surface area contributed by atoms with E-state index in [9.17, 15) is 14.2 Å². The fourth-order valence-electron chi connectivity index (χ4n) is 5.07. The lowest BCUT2D eigenvalue weighted by Crippen LogP contribution is -2.29. The number of carbonyl (C=O) groups excluding carboxylic acids is 2. The Bertz CT molecular complexity index is 921. The molecule has 0 rings (SSSR count). The summed E-state index contributed by atoms with van der Waals surface area (Å²) in [6.07, 6.45) is 41.2. The minimum Gasteiger partial charge on any atom is -0.462 e. The van der Waals surface area contributed by atoms with E-state index >= 15 is 0 Å². The zero-order valence-electron chi connectivity index (χ0n) is 30.4. The van der Waals surface area contributed by atoms with Crippen LogP contribution in [0.1, 0.15) is 168 Å². The minimum atomic E-state index is -4.76. The van der Waals surface area contributed by atoms with Crippen molar-refractivity contribution in [2.24, 2.45) is 0 Å². The molecule has 0 saturated heterocycles. The maximum atomic E-state index is 12.4. The molecule has 48 heavy (non-hydrogen) atoms. The molecule has 0 aromatic carbocycles. The van der Waals surface area contributed by atoms with E-state index in [4.69, 9.17) is 19.3 Å². The number of ether oxygens (including phenoxy) is 2. The van der Waals surface area contributed by atoms with Gasteiger partial charge in [0, 0.05) is 12.8 Å². The van der Waals surface area contributed by atoms with E-state index in [1.165, 1.54) is 70.6 Å². The van der Waals surface area contributed by atoms with Crippen molar-refractivity contribution in [1.29, 1.82) is 0 Å². The van der Waals surface area contributed by atoms with Gasteiger partial charge in [-0.25, -0.2) is 4.57 Å². The number of allylic oxidation sites excluding steroid dienone is 8. The monoisotopic (exact) mass is 696 g/mol. The van der Waals surface area contributed by atoms with Crippen LogP contribution in [0.3, 0.4) is 0 Å². The van der Waals surface area contributed by atoms with E-state index in [1.807, 2.05) is 0 Å². The summed E-state index contributed by atoms with van der Waals surface area (Å²) in [5.74, 6) is -0.933. The average molecular weight is 697 g/mol. The van der Waals surface area contributed by atoms with Crippen LogP contribution in [0.25, 0.3) is 0 Å². The maximum absolute atomic E-state index is 12.4. The minimum absolute atomic E-state index is 0.204. The first-order valence-electron chi connectivity index (χ1n) is 18.9. The Morgan fingerprint density at radius 3 is 1.50 bits per heavy atom. The third-order valence-corrected chi connectivity index (χ3v) is 8.35. The zero-order chi connectivity index (χ0) is 35.4. The first kappa shape index (κ1) is 46.0. The van der Waals surface area contributed by atoms with E-state index in [0.717, 1.165) is 57.8 Å². The topological polar surface area (TPSA) is 119 Å². The zero-order valence-corrected chi connectivity index (χ0v) is 31.3.